The van der Waals surface area contributed by atoms with Crippen LogP contribution < -0.4 is 0 Å². The Morgan fingerprint density at radius 1 is 1.14 bits per heavy atom. The number of hydrogen-bond acceptors (Lipinski definition) is 4. The Kier molecular flexibility index (Phi) is 2.36. The summed E-state index contributed by atoms with van der Waals surface area (Å²) >= 11 is 0. The van der Waals surface area contributed by atoms with Crippen LogP contribution in [0.1, 0.15) is 17.3 Å². The largest absolute Gasteiger partial charge is 0.422 e. The first-order valence-electron chi connectivity index (χ1n) is 4.23. The number of hydrogen-bond donors (Lipinski definition) is 0. The first-order chi connectivity index (χ1) is 6.84. The van der Waals surface area contributed by atoms with Crippen LogP contribution in [0.15, 0.2) is 28.9 Å². The third-order valence-electron chi connectivity index (χ3n) is 1.67. The van der Waals surface area contributed by atoms with Crippen molar-refractivity contribution in [3.05, 3.63) is 41.9 Å². The monoisotopic (exact) mass is 187 g/mol. The van der Waals surface area contributed by atoms with E-state index in [9.17, 15) is 0 Å². The van der Waals surface area contributed by atoms with Gasteiger partial charge in [-0.2, -0.15) is 0 Å². The normalized spacial score (nSPS) is 10.9. The lowest BCUT2D eigenvalue weighted by Gasteiger charge is -1.88. The summed E-state index contributed by atoms with van der Waals surface area (Å²) in [5.41, 5.74) is 1.05. The van der Waals surface area contributed by atoms with Crippen molar-refractivity contribution >= 4 is 12.2 Å². The minimum atomic E-state index is 0.513. The van der Waals surface area contributed by atoms with Crippen LogP contribution in [0.2, 0.25) is 0 Å². The van der Waals surface area contributed by atoms with Gasteiger partial charge in [0, 0.05) is 25.4 Å². The first-order valence-corrected chi connectivity index (χ1v) is 4.23. The van der Waals surface area contributed by atoms with Crippen molar-refractivity contribution in [3.63, 3.8) is 0 Å². The summed E-state index contributed by atoms with van der Waals surface area (Å²) in [5.74, 6) is 1.08. The van der Waals surface area contributed by atoms with Crippen LogP contribution in [0.3, 0.4) is 0 Å². The molecule has 70 valence electrons. The zero-order valence-electron chi connectivity index (χ0n) is 7.71. The van der Waals surface area contributed by atoms with Gasteiger partial charge in [0.25, 0.3) is 0 Å². The second-order valence-electron chi connectivity index (χ2n) is 2.77. The predicted octanol–water partition coefficient (Wildman–Crippen LogP) is 1.94. The van der Waals surface area contributed by atoms with Gasteiger partial charge in [0.2, 0.25) is 11.8 Å². The van der Waals surface area contributed by atoms with Crippen LogP contribution in [0.5, 0.6) is 0 Å². The van der Waals surface area contributed by atoms with Crippen molar-refractivity contribution in [2.45, 2.75) is 6.92 Å². The van der Waals surface area contributed by atoms with Crippen LogP contribution in [0, 0.1) is 6.92 Å². The number of rotatable bonds is 2. The second-order valence-corrected chi connectivity index (χ2v) is 2.77. The molecule has 0 unspecified atom stereocenters. The smallest absolute Gasteiger partial charge is 0.240 e. The van der Waals surface area contributed by atoms with Crippen molar-refractivity contribution in [2.24, 2.45) is 0 Å². The Balaban J connectivity index is 2.15. The highest BCUT2D eigenvalue weighted by atomic mass is 16.4. The Labute approximate surface area is 81.3 Å². The van der Waals surface area contributed by atoms with E-state index in [1.165, 1.54) is 0 Å². The minimum absolute atomic E-state index is 0.513. The van der Waals surface area contributed by atoms with Gasteiger partial charge in [-0.3, -0.25) is 4.98 Å². The van der Waals surface area contributed by atoms with Gasteiger partial charge < -0.3 is 4.42 Å². The van der Waals surface area contributed by atoms with Crippen molar-refractivity contribution in [1.82, 2.24) is 15.2 Å². The summed E-state index contributed by atoms with van der Waals surface area (Å²) in [6.45, 7) is 1.76. The zero-order chi connectivity index (χ0) is 9.80. The Hall–Kier alpha value is -1.97. The summed E-state index contributed by atoms with van der Waals surface area (Å²) < 4.78 is 5.18. The second kappa shape index (κ2) is 3.83. The molecule has 0 aliphatic carbocycles. The lowest BCUT2D eigenvalue weighted by atomic mass is 10.2. The molecule has 0 bridgehead atoms. The number of aromatic nitrogens is 3. The van der Waals surface area contributed by atoms with Crippen molar-refractivity contribution in [3.8, 4) is 0 Å². The molecule has 0 spiro atoms. The van der Waals surface area contributed by atoms with Gasteiger partial charge in [0.05, 0.1) is 0 Å². The molecule has 2 aromatic rings. The SMILES string of the molecule is Cc1nnc(C=Cc2ccncc2)o1. The minimum Gasteiger partial charge on any atom is -0.422 e. The van der Waals surface area contributed by atoms with Gasteiger partial charge >= 0.3 is 0 Å². The van der Waals surface area contributed by atoms with E-state index in [2.05, 4.69) is 15.2 Å². The molecule has 0 atom stereocenters. The molecule has 0 N–H and O–H groups in total. The summed E-state index contributed by atoms with van der Waals surface area (Å²) in [5, 5.41) is 7.56. The fourth-order valence-corrected chi connectivity index (χ4v) is 1.02. The van der Waals surface area contributed by atoms with Gasteiger partial charge in [-0.05, 0) is 23.8 Å². The molecule has 0 amide bonds. The van der Waals surface area contributed by atoms with Gasteiger partial charge in [0.1, 0.15) is 0 Å². The van der Waals surface area contributed by atoms with E-state index < -0.39 is 0 Å². The topological polar surface area (TPSA) is 51.8 Å². The van der Waals surface area contributed by atoms with Gasteiger partial charge in [0.15, 0.2) is 0 Å². The van der Waals surface area contributed by atoms with Crippen LogP contribution >= 0.6 is 0 Å². The lowest BCUT2D eigenvalue weighted by molar-refractivity contribution is 0.510. The van der Waals surface area contributed by atoms with E-state index in [-0.39, 0.29) is 0 Å². The molecule has 0 aliphatic rings. The molecule has 0 saturated carbocycles. The van der Waals surface area contributed by atoms with Crippen molar-refractivity contribution in [2.75, 3.05) is 0 Å². The van der Waals surface area contributed by atoms with E-state index in [0.29, 0.717) is 11.8 Å². The summed E-state index contributed by atoms with van der Waals surface area (Å²) in [7, 11) is 0. The summed E-state index contributed by atoms with van der Waals surface area (Å²) in [6, 6.07) is 3.81. The summed E-state index contributed by atoms with van der Waals surface area (Å²) in [6.07, 6.45) is 7.14. The van der Waals surface area contributed by atoms with E-state index in [1.54, 1.807) is 25.4 Å². The molecule has 2 heterocycles. The fraction of sp³-hybridized carbons (Fsp3) is 0.100. The maximum Gasteiger partial charge on any atom is 0.240 e. The maximum atomic E-state index is 5.18. The molecule has 0 radical (unpaired) electrons. The molecule has 0 saturated heterocycles. The van der Waals surface area contributed by atoms with E-state index in [1.807, 2.05) is 18.2 Å². The molecule has 2 aromatic heterocycles. The molecule has 4 heteroatoms. The molecular formula is C10H9N3O. The van der Waals surface area contributed by atoms with Gasteiger partial charge in [-0.15, -0.1) is 10.2 Å². The van der Waals surface area contributed by atoms with E-state index >= 15 is 0 Å². The van der Waals surface area contributed by atoms with E-state index in [4.69, 9.17) is 4.42 Å². The zero-order valence-corrected chi connectivity index (χ0v) is 7.71. The van der Waals surface area contributed by atoms with Crippen LogP contribution in [0.25, 0.3) is 12.2 Å². The molecule has 0 aromatic carbocycles. The third kappa shape index (κ3) is 2.04. The fourth-order valence-electron chi connectivity index (χ4n) is 1.02. The average molecular weight is 187 g/mol. The molecular weight excluding hydrogens is 178 g/mol. The number of pyridine rings is 1. The molecule has 4 nitrogen and oxygen atoms in total. The Bertz CT molecular complexity index is 434. The van der Waals surface area contributed by atoms with Gasteiger partial charge in [-0.25, -0.2) is 0 Å². The number of aryl methyl sites for hydroxylation is 1. The van der Waals surface area contributed by atoms with Crippen molar-refractivity contribution < 1.29 is 4.42 Å². The van der Waals surface area contributed by atoms with Gasteiger partial charge in [-0.1, -0.05) is 0 Å². The van der Waals surface area contributed by atoms with Crippen LogP contribution in [-0.2, 0) is 0 Å². The molecule has 0 aliphatic heterocycles. The van der Waals surface area contributed by atoms with Crippen molar-refractivity contribution in [1.29, 1.82) is 0 Å². The van der Waals surface area contributed by atoms with Crippen LogP contribution in [0.4, 0.5) is 0 Å². The average Bonchev–Trinajstić information content (AvgIpc) is 2.63. The maximum absolute atomic E-state index is 5.18. The first kappa shape index (κ1) is 8.62. The summed E-state index contributed by atoms with van der Waals surface area (Å²) in [4.78, 5) is 3.92. The highest BCUT2D eigenvalue weighted by molar-refractivity contribution is 5.65. The third-order valence-corrected chi connectivity index (χ3v) is 1.67. The quantitative estimate of drug-likeness (QED) is 0.721. The highest BCUT2D eigenvalue weighted by Crippen LogP contribution is 2.05. The van der Waals surface area contributed by atoms with E-state index in [0.717, 1.165) is 5.56 Å². The molecule has 14 heavy (non-hydrogen) atoms. The number of nitrogens with zero attached hydrogens (tertiary/aromatic N) is 3. The predicted molar refractivity (Wildman–Crippen MR) is 52.2 cm³/mol. The standard InChI is InChI=1S/C10H9N3O/c1-8-12-13-10(14-8)3-2-9-4-6-11-7-5-9/h2-7H,1H3. The Morgan fingerprint density at radius 2 is 1.93 bits per heavy atom. The Morgan fingerprint density at radius 3 is 2.57 bits per heavy atom. The van der Waals surface area contributed by atoms with Crippen LogP contribution in [-0.4, -0.2) is 15.2 Å². The highest BCUT2D eigenvalue weighted by Gasteiger charge is 1.95. The molecule has 2 rings (SSSR count). The lowest BCUT2D eigenvalue weighted by Crippen LogP contribution is -1.73. The molecule has 0 fully saturated rings.